The van der Waals surface area contributed by atoms with Crippen LogP contribution in [0.5, 0.6) is 0 Å². The first-order valence-corrected chi connectivity index (χ1v) is 4.51. The summed E-state index contributed by atoms with van der Waals surface area (Å²) in [7, 11) is 0. The third-order valence-corrected chi connectivity index (χ3v) is 2.70. The first-order valence-electron chi connectivity index (χ1n) is 3.75. The molecule has 14 heavy (non-hydrogen) atoms. The third kappa shape index (κ3) is 1.21. The zero-order chi connectivity index (χ0) is 10.3. The minimum absolute atomic E-state index is 0.0724. The molecule has 0 aliphatic carbocycles. The molecule has 0 saturated carbocycles. The Kier molecular flexibility index (Phi) is 2.21. The summed E-state index contributed by atoms with van der Waals surface area (Å²) in [5, 5.41) is 0.423. The van der Waals surface area contributed by atoms with E-state index in [1.165, 1.54) is 12.1 Å². The molecule has 0 amide bonds. The van der Waals surface area contributed by atoms with Gasteiger partial charge in [0.1, 0.15) is 5.82 Å². The van der Waals surface area contributed by atoms with Gasteiger partial charge in [-0.2, -0.15) is 0 Å². The van der Waals surface area contributed by atoms with Gasteiger partial charge in [0.2, 0.25) is 0 Å². The molecule has 0 unspecified atom stereocenters. The zero-order valence-corrected chi connectivity index (χ0v) is 8.29. The van der Waals surface area contributed by atoms with Gasteiger partial charge < -0.3 is 4.98 Å². The number of hydrogen-bond acceptors (Lipinski definition) is 1. The molecule has 1 N–H and O–H groups in total. The van der Waals surface area contributed by atoms with Crippen LogP contribution in [0.1, 0.15) is 10.5 Å². The van der Waals surface area contributed by atoms with Crippen LogP contribution in [0, 0.1) is 5.82 Å². The quantitative estimate of drug-likeness (QED) is 0.750. The molecule has 1 heterocycles. The van der Waals surface area contributed by atoms with Crippen LogP contribution in [-0.4, -0.2) is 11.3 Å². The molecule has 1 aromatic heterocycles. The predicted molar refractivity (Wildman–Crippen MR) is 53.7 cm³/mol. The van der Waals surface area contributed by atoms with Crippen LogP contribution in [-0.2, 0) is 0 Å². The van der Waals surface area contributed by atoms with E-state index in [1.54, 1.807) is 0 Å². The summed E-state index contributed by atoms with van der Waals surface area (Å²) in [6.07, 6.45) is 0.566. The number of aromatic amines is 1. The number of aldehydes is 1. The second-order valence-electron chi connectivity index (χ2n) is 2.75. The number of carbonyl (C=O) groups is 1. The Balaban J connectivity index is 2.93. The summed E-state index contributed by atoms with van der Waals surface area (Å²) in [6.45, 7) is 0. The van der Waals surface area contributed by atoms with Crippen molar-refractivity contribution in [3.8, 4) is 0 Å². The summed E-state index contributed by atoms with van der Waals surface area (Å²) < 4.78 is 13.0. The van der Waals surface area contributed by atoms with Gasteiger partial charge in [-0.1, -0.05) is 23.2 Å². The Labute approximate surface area is 88.6 Å². The summed E-state index contributed by atoms with van der Waals surface area (Å²) in [4.78, 5) is 13.3. The van der Waals surface area contributed by atoms with E-state index < -0.39 is 5.82 Å². The molecule has 2 rings (SSSR count). The molecule has 2 aromatic rings. The van der Waals surface area contributed by atoms with Gasteiger partial charge in [-0.3, -0.25) is 4.79 Å². The molecular weight excluding hydrogens is 228 g/mol. The number of benzene rings is 1. The van der Waals surface area contributed by atoms with E-state index in [9.17, 15) is 9.18 Å². The number of aromatic nitrogens is 1. The SMILES string of the molecule is O=Cc1[nH]c2ccc(F)c(Cl)c2c1Cl. The molecule has 0 fully saturated rings. The minimum atomic E-state index is -0.558. The average molecular weight is 232 g/mol. The predicted octanol–water partition coefficient (Wildman–Crippen LogP) is 3.43. The van der Waals surface area contributed by atoms with Crippen LogP contribution < -0.4 is 0 Å². The molecule has 0 bridgehead atoms. The maximum absolute atomic E-state index is 13.0. The van der Waals surface area contributed by atoms with Crippen molar-refractivity contribution in [3.63, 3.8) is 0 Å². The van der Waals surface area contributed by atoms with Crippen molar-refractivity contribution in [2.75, 3.05) is 0 Å². The van der Waals surface area contributed by atoms with Gasteiger partial charge in [0.15, 0.2) is 6.29 Å². The number of H-pyrrole nitrogens is 1. The molecule has 0 saturated heterocycles. The summed E-state index contributed by atoms with van der Waals surface area (Å²) in [5.74, 6) is -0.558. The standard InChI is InChI=1S/C9H4Cl2FNO/c10-8-4(12)1-2-5-7(8)9(11)6(3-14)13-5/h1-3,13H. The molecule has 2 nitrogen and oxygen atoms in total. The fourth-order valence-corrected chi connectivity index (χ4v) is 1.88. The second-order valence-corrected chi connectivity index (χ2v) is 3.51. The van der Waals surface area contributed by atoms with E-state index in [-0.39, 0.29) is 15.7 Å². The first-order chi connectivity index (χ1) is 6.65. The smallest absolute Gasteiger partial charge is 0.167 e. The average Bonchev–Trinajstić information content (AvgIpc) is 2.50. The van der Waals surface area contributed by atoms with Crippen LogP contribution in [0.2, 0.25) is 10.0 Å². The van der Waals surface area contributed by atoms with Crippen LogP contribution in [0.15, 0.2) is 12.1 Å². The molecule has 0 radical (unpaired) electrons. The molecule has 0 aliphatic heterocycles. The van der Waals surface area contributed by atoms with Gasteiger partial charge in [0, 0.05) is 10.9 Å². The summed E-state index contributed by atoms with van der Waals surface area (Å²) in [5.41, 5.74) is 0.748. The lowest BCUT2D eigenvalue weighted by Crippen LogP contribution is -1.76. The van der Waals surface area contributed by atoms with E-state index >= 15 is 0 Å². The molecule has 5 heteroatoms. The van der Waals surface area contributed by atoms with Crippen LogP contribution >= 0.6 is 23.2 Å². The molecular formula is C9H4Cl2FNO. The van der Waals surface area contributed by atoms with Gasteiger partial charge in [0.05, 0.1) is 15.7 Å². The van der Waals surface area contributed by atoms with Gasteiger partial charge in [-0.05, 0) is 12.1 Å². The molecule has 0 aliphatic rings. The lowest BCUT2D eigenvalue weighted by molar-refractivity contribution is 0.112. The molecule has 0 atom stereocenters. The Morgan fingerprint density at radius 3 is 2.64 bits per heavy atom. The van der Waals surface area contributed by atoms with Crippen molar-refractivity contribution in [3.05, 3.63) is 33.7 Å². The van der Waals surface area contributed by atoms with E-state index in [2.05, 4.69) is 4.98 Å². The van der Waals surface area contributed by atoms with Gasteiger partial charge in [-0.15, -0.1) is 0 Å². The normalized spacial score (nSPS) is 10.8. The lowest BCUT2D eigenvalue weighted by Gasteiger charge is -1.95. The van der Waals surface area contributed by atoms with Crippen LogP contribution in [0.3, 0.4) is 0 Å². The topological polar surface area (TPSA) is 32.9 Å². The van der Waals surface area contributed by atoms with Crippen LogP contribution in [0.4, 0.5) is 4.39 Å². The van der Waals surface area contributed by atoms with Gasteiger partial charge >= 0.3 is 0 Å². The number of rotatable bonds is 1. The Hall–Kier alpha value is -1.06. The molecule has 0 spiro atoms. The highest BCUT2D eigenvalue weighted by molar-refractivity contribution is 6.43. The zero-order valence-electron chi connectivity index (χ0n) is 6.77. The van der Waals surface area contributed by atoms with Gasteiger partial charge in [0.25, 0.3) is 0 Å². The minimum Gasteiger partial charge on any atom is -0.351 e. The van der Waals surface area contributed by atoms with E-state index in [4.69, 9.17) is 23.2 Å². The number of fused-ring (bicyclic) bond motifs is 1. The van der Waals surface area contributed by atoms with Crippen molar-refractivity contribution in [2.24, 2.45) is 0 Å². The largest absolute Gasteiger partial charge is 0.351 e. The van der Waals surface area contributed by atoms with E-state index in [0.29, 0.717) is 17.2 Å². The lowest BCUT2D eigenvalue weighted by atomic mass is 10.2. The monoisotopic (exact) mass is 231 g/mol. The van der Waals surface area contributed by atoms with E-state index in [0.717, 1.165) is 0 Å². The Bertz CT molecular complexity index is 521. The highest BCUT2D eigenvalue weighted by atomic mass is 35.5. The number of nitrogens with one attached hydrogen (secondary N) is 1. The van der Waals surface area contributed by atoms with Crippen molar-refractivity contribution in [1.82, 2.24) is 4.98 Å². The molecule has 1 aromatic carbocycles. The van der Waals surface area contributed by atoms with Gasteiger partial charge in [-0.25, -0.2) is 4.39 Å². The fraction of sp³-hybridized carbons (Fsp3) is 0. The van der Waals surface area contributed by atoms with Crippen LogP contribution in [0.25, 0.3) is 10.9 Å². The first kappa shape index (κ1) is 9.49. The highest BCUT2D eigenvalue weighted by Crippen LogP contribution is 2.33. The molecule has 72 valence electrons. The Morgan fingerprint density at radius 1 is 1.29 bits per heavy atom. The van der Waals surface area contributed by atoms with Crippen molar-refractivity contribution >= 4 is 40.4 Å². The fourth-order valence-electron chi connectivity index (χ4n) is 1.29. The van der Waals surface area contributed by atoms with Crippen molar-refractivity contribution in [1.29, 1.82) is 0 Å². The third-order valence-electron chi connectivity index (χ3n) is 1.94. The number of hydrogen-bond donors (Lipinski definition) is 1. The van der Waals surface area contributed by atoms with Crippen molar-refractivity contribution in [2.45, 2.75) is 0 Å². The maximum Gasteiger partial charge on any atom is 0.167 e. The van der Waals surface area contributed by atoms with Crippen molar-refractivity contribution < 1.29 is 9.18 Å². The summed E-state index contributed by atoms with van der Waals surface area (Å²) in [6, 6.07) is 2.70. The Morgan fingerprint density at radius 2 is 2.00 bits per heavy atom. The second kappa shape index (κ2) is 3.26. The summed E-state index contributed by atoms with van der Waals surface area (Å²) >= 11 is 11.5. The highest BCUT2D eigenvalue weighted by Gasteiger charge is 2.14. The maximum atomic E-state index is 13.0. The van der Waals surface area contributed by atoms with E-state index in [1.807, 2.05) is 0 Å². The number of carbonyl (C=O) groups excluding carboxylic acids is 1. The number of halogens is 3.